The Morgan fingerprint density at radius 1 is 0.750 bits per heavy atom. The maximum atomic E-state index is 9.43. The van der Waals surface area contributed by atoms with Gasteiger partial charge in [-0.25, -0.2) is 0 Å². The molecule has 1 atom stereocenters. The molecule has 0 aliphatic heterocycles. The highest BCUT2D eigenvalue weighted by molar-refractivity contribution is 5.86. The minimum absolute atomic E-state index is 0.197. The van der Waals surface area contributed by atoms with Gasteiger partial charge in [-0.2, -0.15) is 0 Å². The Labute approximate surface area is 119 Å². The Kier molecular flexibility index (Phi) is 3.80. The van der Waals surface area contributed by atoms with Gasteiger partial charge in [0.15, 0.2) is 0 Å². The van der Waals surface area contributed by atoms with Crippen LogP contribution < -0.4 is 0 Å². The van der Waals surface area contributed by atoms with E-state index in [1.807, 2.05) is 6.07 Å². The van der Waals surface area contributed by atoms with Crippen LogP contribution in [0.4, 0.5) is 0 Å². The lowest BCUT2D eigenvalue weighted by molar-refractivity contribution is 0.282. The SMILES string of the molecule is OCCC(c1ccccc1)c1cccc2ccccc12. The molecule has 0 spiro atoms. The zero-order valence-corrected chi connectivity index (χ0v) is 11.4. The lowest BCUT2D eigenvalue weighted by atomic mass is 9.86. The van der Waals surface area contributed by atoms with Crippen molar-refractivity contribution in [3.8, 4) is 0 Å². The normalized spacial score (nSPS) is 12.4. The zero-order chi connectivity index (χ0) is 13.8. The molecule has 3 aromatic rings. The highest BCUT2D eigenvalue weighted by Gasteiger charge is 2.15. The van der Waals surface area contributed by atoms with Crippen LogP contribution >= 0.6 is 0 Å². The van der Waals surface area contributed by atoms with Crippen LogP contribution in [0.15, 0.2) is 72.8 Å². The molecule has 0 bridgehead atoms. The van der Waals surface area contributed by atoms with Gasteiger partial charge in [-0.05, 0) is 28.3 Å². The molecule has 0 amide bonds. The second kappa shape index (κ2) is 5.89. The Morgan fingerprint density at radius 3 is 2.25 bits per heavy atom. The first-order valence-corrected chi connectivity index (χ1v) is 7.03. The molecular weight excluding hydrogens is 244 g/mol. The van der Waals surface area contributed by atoms with Gasteiger partial charge >= 0.3 is 0 Å². The second-order valence-electron chi connectivity index (χ2n) is 5.04. The topological polar surface area (TPSA) is 20.2 Å². The Bertz CT molecular complexity index is 683. The standard InChI is InChI=1S/C19H18O/c20-14-13-18(15-7-2-1-3-8-15)19-12-6-10-16-9-4-5-11-17(16)19/h1-12,18,20H,13-14H2. The van der Waals surface area contributed by atoms with E-state index in [0.29, 0.717) is 0 Å². The summed E-state index contributed by atoms with van der Waals surface area (Å²) in [5, 5.41) is 12.0. The number of benzene rings is 3. The van der Waals surface area contributed by atoms with Crippen molar-refractivity contribution in [3.63, 3.8) is 0 Å². The lowest BCUT2D eigenvalue weighted by Crippen LogP contribution is -2.04. The van der Waals surface area contributed by atoms with Crippen molar-refractivity contribution in [3.05, 3.63) is 83.9 Å². The van der Waals surface area contributed by atoms with Gasteiger partial charge < -0.3 is 5.11 Å². The summed E-state index contributed by atoms with van der Waals surface area (Å²) in [5.74, 6) is 0.243. The van der Waals surface area contributed by atoms with Crippen molar-refractivity contribution in [1.82, 2.24) is 0 Å². The highest BCUT2D eigenvalue weighted by atomic mass is 16.3. The van der Waals surface area contributed by atoms with E-state index in [1.165, 1.54) is 21.9 Å². The summed E-state index contributed by atoms with van der Waals surface area (Å²) in [6.07, 6.45) is 0.748. The molecule has 1 N–H and O–H groups in total. The maximum Gasteiger partial charge on any atom is 0.0440 e. The van der Waals surface area contributed by atoms with Gasteiger partial charge in [-0.15, -0.1) is 0 Å². The molecule has 0 saturated heterocycles. The molecule has 1 unspecified atom stereocenters. The van der Waals surface area contributed by atoms with Gasteiger partial charge in [0.1, 0.15) is 0 Å². The van der Waals surface area contributed by atoms with Gasteiger partial charge in [0.05, 0.1) is 0 Å². The smallest absolute Gasteiger partial charge is 0.0440 e. The third-order valence-electron chi connectivity index (χ3n) is 3.82. The van der Waals surface area contributed by atoms with Crippen LogP contribution in [0.5, 0.6) is 0 Å². The second-order valence-corrected chi connectivity index (χ2v) is 5.04. The number of hydrogen-bond acceptors (Lipinski definition) is 1. The van der Waals surface area contributed by atoms with Gasteiger partial charge in [-0.3, -0.25) is 0 Å². The summed E-state index contributed by atoms with van der Waals surface area (Å²) in [6, 6.07) is 25.3. The largest absolute Gasteiger partial charge is 0.396 e. The van der Waals surface area contributed by atoms with Crippen molar-refractivity contribution in [2.24, 2.45) is 0 Å². The third-order valence-corrected chi connectivity index (χ3v) is 3.82. The van der Waals surface area contributed by atoms with E-state index < -0.39 is 0 Å². The summed E-state index contributed by atoms with van der Waals surface area (Å²) < 4.78 is 0. The third kappa shape index (κ3) is 2.45. The minimum Gasteiger partial charge on any atom is -0.396 e. The molecule has 3 aromatic carbocycles. The average Bonchev–Trinajstić information content (AvgIpc) is 2.53. The quantitative estimate of drug-likeness (QED) is 0.741. The van der Waals surface area contributed by atoms with Crippen LogP contribution in [0.3, 0.4) is 0 Å². The van der Waals surface area contributed by atoms with Crippen molar-refractivity contribution in [1.29, 1.82) is 0 Å². The first-order valence-electron chi connectivity index (χ1n) is 7.03. The maximum absolute atomic E-state index is 9.43. The van der Waals surface area contributed by atoms with Crippen molar-refractivity contribution >= 4 is 10.8 Å². The van der Waals surface area contributed by atoms with E-state index in [1.54, 1.807) is 0 Å². The summed E-state index contributed by atoms with van der Waals surface area (Å²) in [6.45, 7) is 0.197. The van der Waals surface area contributed by atoms with Crippen LogP contribution in [-0.4, -0.2) is 11.7 Å². The molecule has 20 heavy (non-hydrogen) atoms. The Balaban J connectivity index is 2.15. The first kappa shape index (κ1) is 12.9. The monoisotopic (exact) mass is 262 g/mol. The van der Waals surface area contributed by atoms with E-state index >= 15 is 0 Å². The number of rotatable bonds is 4. The molecule has 0 saturated carbocycles. The molecule has 3 rings (SSSR count). The van der Waals surface area contributed by atoms with Gasteiger partial charge in [0.2, 0.25) is 0 Å². The van der Waals surface area contributed by atoms with Crippen molar-refractivity contribution < 1.29 is 5.11 Å². The van der Waals surface area contributed by atoms with Crippen LogP contribution in [-0.2, 0) is 0 Å². The number of hydrogen-bond donors (Lipinski definition) is 1. The Morgan fingerprint density at radius 2 is 1.45 bits per heavy atom. The summed E-state index contributed by atoms with van der Waals surface area (Å²) in [4.78, 5) is 0. The first-order chi connectivity index (χ1) is 9.90. The van der Waals surface area contributed by atoms with E-state index in [-0.39, 0.29) is 12.5 Å². The molecule has 0 aliphatic rings. The lowest BCUT2D eigenvalue weighted by Gasteiger charge is -2.19. The molecule has 0 radical (unpaired) electrons. The van der Waals surface area contributed by atoms with Gasteiger partial charge in [0.25, 0.3) is 0 Å². The molecule has 100 valence electrons. The van der Waals surface area contributed by atoms with Crippen LogP contribution in [0.2, 0.25) is 0 Å². The fourth-order valence-electron chi connectivity index (χ4n) is 2.87. The fourth-order valence-corrected chi connectivity index (χ4v) is 2.87. The zero-order valence-electron chi connectivity index (χ0n) is 11.4. The molecule has 0 fully saturated rings. The minimum atomic E-state index is 0.197. The van der Waals surface area contributed by atoms with Crippen LogP contribution in [0.1, 0.15) is 23.5 Å². The van der Waals surface area contributed by atoms with E-state index in [9.17, 15) is 5.11 Å². The van der Waals surface area contributed by atoms with Crippen molar-refractivity contribution in [2.45, 2.75) is 12.3 Å². The van der Waals surface area contributed by atoms with Crippen LogP contribution in [0.25, 0.3) is 10.8 Å². The van der Waals surface area contributed by atoms with Gasteiger partial charge in [0, 0.05) is 12.5 Å². The summed E-state index contributed by atoms with van der Waals surface area (Å²) in [5.41, 5.74) is 2.56. The van der Waals surface area contributed by atoms with Gasteiger partial charge in [-0.1, -0.05) is 72.8 Å². The van der Waals surface area contributed by atoms with E-state index in [0.717, 1.165) is 6.42 Å². The molecule has 0 aromatic heterocycles. The molecule has 0 heterocycles. The molecular formula is C19H18O. The van der Waals surface area contributed by atoms with Crippen LogP contribution in [0, 0.1) is 0 Å². The number of aliphatic hydroxyl groups excluding tert-OH is 1. The molecule has 1 heteroatoms. The number of fused-ring (bicyclic) bond motifs is 1. The van der Waals surface area contributed by atoms with Crippen molar-refractivity contribution in [2.75, 3.05) is 6.61 Å². The summed E-state index contributed by atoms with van der Waals surface area (Å²) >= 11 is 0. The molecule has 1 nitrogen and oxygen atoms in total. The fraction of sp³-hybridized carbons (Fsp3) is 0.158. The van der Waals surface area contributed by atoms with E-state index in [2.05, 4.69) is 66.7 Å². The average molecular weight is 262 g/mol. The summed E-state index contributed by atoms with van der Waals surface area (Å²) in [7, 11) is 0. The van der Waals surface area contributed by atoms with E-state index in [4.69, 9.17) is 0 Å². The highest BCUT2D eigenvalue weighted by Crippen LogP contribution is 2.32. The predicted molar refractivity (Wildman–Crippen MR) is 83.9 cm³/mol. The predicted octanol–water partition coefficient (Wildman–Crippen LogP) is 4.35. The number of aliphatic hydroxyl groups is 1. The molecule has 0 aliphatic carbocycles. The Hall–Kier alpha value is -2.12.